The van der Waals surface area contributed by atoms with Crippen molar-refractivity contribution in [2.75, 3.05) is 13.2 Å². The van der Waals surface area contributed by atoms with Crippen LogP contribution in [0.25, 0.3) is 0 Å². The third-order valence-electron chi connectivity index (χ3n) is 15.8. The van der Waals surface area contributed by atoms with Crippen LogP contribution in [0.1, 0.15) is 393 Å². The number of carbonyl (C=O) groups is 3. The fourth-order valence-corrected chi connectivity index (χ4v) is 10.6. The zero-order valence-electron chi connectivity index (χ0n) is 51.1. The van der Waals surface area contributed by atoms with Gasteiger partial charge in [-0.3, -0.25) is 14.4 Å². The van der Waals surface area contributed by atoms with Crippen LogP contribution in [0.3, 0.4) is 0 Å². The van der Waals surface area contributed by atoms with Crippen molar-refractivity contribution in [3.63, 3.8) is 0 Å². The van der Waals surface area contributed by atoms with Gasteiger partial charge in [-0.25, -0.2) is 0 Å². The Bertz CT molecular complexity index is 1170. The summed E-state index contributed by atoms with van der Waals surface area (Å²) in [5.74, 6) is -0.851. The molecule has 0 amide bonds. The van der Waals surface area contributed by atoms with E-state index in [9.17, 15) is 14.4 Å². The van der Waals surface area contributed by atoms with Gasteiger partial charge in [-0.05, 0) is 38.5 Å². The second kappa shape index (κ2) is 64.7. The van der Waals surface area contributed by atoms with Gasteiger partial charge in [0, 0.05) is 19.3 Å². The van der Waals surface area contributed by atoms with Gasteiger partial charge in [-0.1, -0.05) is 348 Å². The van der Waals surface area contributed by atoms with Crippen LogP contribution in [0.15, 0.2) is 12.2 Å². The Morgan fingerprint density at radius 1 is 0.253 bits per heavy atom. The van der Waals surface area contributed by atoms with Crippen LogP contribution < -0.4 is 0 Å². The number of allylic oxidation sites excluding steroid dienone is 2. The van der Waals surface area contributed by atoms with Crippen molar-refractivity contribution in [2.45, 2.75) is 399 Å². The SMILES string of the molecule is CCC/C=C\CCCCCCCC(=O)OCC(COC(=O)CCCCCCCCCCCCCCCCCCCCCCCCCCCCCCCCCCC)OC(=O)CCCCCCCCCCCCCCCC. The predicted molar refractivity (Wildman–Crippen MR) is 326 cm³/mol. The Kier molecular flexibility index (Phi) is 63.1. The molecule has 0 fully saturated rings. The standard InChI is InChI=1S/C69H132O6/c1-4-7-10-13-16-19-22-24-26-27-28-29-30-31-32-33-34-35-36-37-38-39-40-41-42-43-44-46-47-50-53-56-59-62-68(71)74-65-66(64-73-67(70)61-58-55-52-49-21-18-15-12-9-6-3)75-69(72)63-60-57-54-51-48-45-25-23-20-17-14-11-8-5-2/h12,15,66H,4-11,13-14,16-65H2,1-3H3/b15-12-. The van der Waals surface area contributed by atoms with E-state index in [2.05, 4.69) is 32.9 Å². The van der Waals surface area contributed by atoms with Gasteiger partial charge >= 0.3 is 17.9 Å². The molecule has 0 N–H and O–H groups in total. The molecule has 0 aliphatic carbocycles. The summed E-state index contributed by atoms with van der Waals surface area (Å²) in [4.78, 5) is 38.2. The highest BCUT2D eigenvalue weighted by atomic mass is 16.6. The minimum atomic E-state index is -0.768. The maximum absolute atomic E-state index is 12.8. The average Bonchev–Trinajstić information content (AvgIpc) is 3.41. The smallest absolute Gasteiger partial charge is 0.306 e. The van der Waals surface area contributed by atoms with E-state index in [1.807, 2.05) is 0 Å². The number of ether oxygens (including phenoxy) is 3. The second-order valence-electron chi connectivity index (χ2n) is 23.5. The zero-order valence-corrected chi connectivity index (χ0v) is 51.1. The van der Waals surface area contributed by atoms with Gasteiger partial charge in [0.2, 0.25) is 0 Å². The van der Waals surface area contributed by atoms with Crippen LogP contribution in [0, 0.1) is 0 Å². The summed E-state index contributed by atoms with van der Waals surface area (Å²) in [5.41, 5.74) is 0. The highest BCUT2D eigenvalue weighted by molar-refractivity contribution is 5.71. The Balaban J connectivity index is 3.97. The number of hydrogen-bond donors (Lipinski definition) is 0. The molecule has 0 aromatic rings. The molecular weight excluding hydrogens is 925 g/mol. The minimum Gasteiger partial charge on any atom is -0.462 e. The number of rotatable bonds is 64. The van der Waals surface area contributed by atoms with Crippen molar-refractivity contribution < 1.29 is 28.6 Å². The summed E-state index contributed by atoms with van der Waals surface area (Å²) in [7, 11) is 0. The molecule has 0 rings (SSSR count). The van der Waals surface area contributed by atoms with E-state index >= 15 is 0 Å². The van der Waals surface area contributed by atoms with Crippen LogP contribution in [-0.2, 0) is 28.6 Å². The maximum atomic E-state index is 12.8. The monoisotopic (exact) mass is 1060 g/mol. The topological polar surface area (TPSA) is 78.9 Å². The van der Waals surface area contributed by atoms with Gasteiger partial charge in [-0.2, -0.15) is 0 Å². The fraction of sp³-hybridized carbons (Fsp3) is 0.928. The Hall–Kier alpha value is -1.85. The van der Waals surface area contributed by atoms with Gasteiger partial charge in [0.15, 0.2) is 6.10 Å². The van der Waals surface area contributed by atoms with E-state index in [0.29, 0.717) is 19.3 Å². The van der Waals surface area contributed by atoms with Gasteiger partial charge in [0.25, 0.3) is 0 Å². The summed E-state index contributed by atoms with van der Waals surface area (Å²) in [6.07, 6.45) is 77.0. The minimum absolute atomic E-state index is 0.0665. The maximum Gasteiger partial charge on any atom is 0.306 e. The lowest BCUT2D eigenvalue weighted by Gasteiger charge is -2.18. The van der Waals surface area contributed by atoms with E-state index < -0.39 is 6.10 Å². The number of esters is 3. The predicted octanol–water partition coefficient (Wildman–Crippen LogP) is 23.2. The summed E-state index contributed by atoms with van der Waals surface area (Å²) in [6, 6.07) is 0. The molecule has 0 aromatic carbocycles. The second-order valence-corrected chi connectivity index (χ2v) is 23.5. The molecule has 0 bridgehead atoms. The first kappa shape index (κ1) is 73.2. The van der Waals surface area contributed by atoms with Crippen LogP contribution in [-0.4, -0.2) is 37.2 Å². The molecule has 1 unspecified atom stereocenters. The van der Waals surface area contributed by atoms with Crippen LogP contribution in [0.2, 0.25) is 0 Å². The van der Waals surface area contributed by atoms with Crippen molar-refractivity contribution in [1.82, 2.24) is 0 Å². The first-order valence-corrected chi connectivity index (χ1v) is 34.2. The molecule has 0 radical (unpaired) electrons. The molecule has 0 heterocycles. The molecule has 6 nitrogen and oxygen atoms in total. The largest absolute Gasteiger partial charge is 0.462 e. The van der Waals surface area contributed by atoms with Crippen molar-refractivity contribution >= 4 is 17.9 Å². The van der Waals surface area contributed by atoms with E-state index in [4.69, 9.17) is 14.2 Å². The molecule has 75 heavy (non-hydrogen) atoms. The Morgan fingerprint density at radius 2 is 0.467 bits per heavy atom. The van der Waals surface area contributed by atoms with E-state index in [1.54, 1.807) is 0 Å². The number of hydrogen-bond acceptors (Lipinski definition) is 6. The lowest BCUT2D eigenvalue weighted by Crippen LogP contribution is -2.30. The first-order chi connectivity index (χ1) is 37.0. The van der Waals surface area contributed by atoms with Gasteiger partial charge in [-0.15, -0.1) is 0 Å². The molecule has 0 saturated carbocycles. The van der Waals surface area contributed by atoms with E-state index in [-0.39, 0.29) is 31.1 Å². The van der Waals surface area contributed by atoms with Gasteiger partial charge in [0.1, 0.15) is 13.2 Å². The molecule has 0 aromatic heterocycles. The van der Waals surface area contributed by atoms with Crippen molar-refractivity contribution in [2.24, 2.45) is 0 Å². The number of carbonyl (C=O) groups excluding carboxylic acids is 3. The van der Waals surface area contributed by atoms with Crippen molar-refractivity contribution in [3.8, 4) is 0 Å². The Labute approximate surface area is 469 Å². The molecule has 0 aliphatic heterocycles. The zero-order chi connectivity index (χ0) is 54.3. The highest BCUT2D eigenvalue weighted by Crippen LogP contribution is 2.19. The normalized spacial score (nSPS) is 12.0. The summed E-state index contributed by atoms with van der Waals surface area (Å²) < 4.78 is 16.9. The molecule has 0 saturated heterocycles. The van der Waals surface area contributed by atoms with Crippen LogP contribution >= 0.6 is 0 Å². The molecule has 0 spiro atoms. The third kappa shape index (κ3) is 62.9. The summed E-state index contributed by atoms with van der Waals surface area (Å²) in [5, 5.41) is 0. The molecule has 1 atom stereocenters. The molecule has 0 aliphatic rings. The quantitative estimate of drug-likeness (QED) is 0.0261. The number of unbranched alkanes of at least 4 members (excludes halogenated alkanes) is 51. The lowest BCUT2D eigenvalue weighted by atomic mass is 10.0. The highest BCUT2D eigenvalue weighted by Gasteiger charge is 2.19. The summed E-state index contributed by atoms with van der Waals surface area (Å²) >= 11 is 0. The Morgan fingerprint density at radius 3 is 0.720 bits per heavy atom. The lowest BCUT2D eigenvalue weighted by molar-refractivity contribution is -0.167. The fourth-order valence-electron chi connectivity index (χ4n) is 10.6. The first-order valence-electron chi connectivity index (χ1n) is 34.2. The average molecular weight is 1060 g/mol. The summed E-state index contributed by atoms with van der Waals surface area (Å²) in [6.45, 7) is 6.64. The van der Waals surface area contributed by atoms with E-state index in [0.717, 1.165) is 70.6 Å². The molecule has 6 heteroatoms. The van der Waals surface area contributed by atoms with Crippen molar-refractivity contribution in [3.05, 3.63) is 12.2 Å². The van der Waals surface area contributed by atoms with Gasteiger partial charge in [0.05, 0.1) is 0 Å². The van der Waals surface area contributed by atoms with Crippen LogP contribution in [0.5, 0.6) is 0 Å². The van der Waals surface area contributed by atoms with E-state index in [1.165, 1.54) is 283 Å². The molecular formula is C69H132O6. The van der Waals surface area contributed by atoms with Gasteiger partial charge < -0.3 is 14.2 Å². The van der Waals surface area contributed by atoms with Crippen LogP contribution in [0.4, 0.5) is 0 Å². The van der Waals surface area contributed by atoms with Crippen molar-refractivity contribution in [1.29, 1.82) is 0 Å². The third-order valence-corrected chi connectivity index (χ3v) is 15.8. The molecule has 444 valence electrons.